The highest BCUT2D eigenvalue weighted by molar-refractivity contribution is 7.99. The minimum Gasteiger partial charge on any atom is -0.493 e. The predicted octanol–water partition coefficient (Wildman–Crippen LogP) is 2.84. The summed E-state index contributed by atoms with van der Waals surface area (Å²) < 4.78 is 20.0. The van der Waals surface area contributed by atoms with Gasteiger partial charge in [0.2, 0.25) is 0 Å². The molecule has 0 bridgehead atoms. The molecule has 1 aromatic heterocycles. The van der Waals surface area contributed by atoms with Crippen molar-refractivity contribution in [2.45, 2.75) is 24.4 Å². The maximum Gasteiger partial charge on any atom is 0.161 e. The highest BCUT2D eigenvalue weighted by atomic mass is 32.2. The van der Waals surface area contributed by atoms with Gasteiger partial charge in [0.25, 0.3) is 0 Å². The lowest BCUT2D eigenvalue weighted by molar-refractivity contribution is 0.403. The van der Waals surface area contributed by atoms with E-state index in [9.17, 15) is 4.39 Å². The first-order valence-corrected chi connectivity index (χ1v) is 7.38. The van der Waals surface area contributed by atoms with Gasteiger partial charge in [-0.15, -0.1) is 11.8 Å². The molecule has 1 heterocycles. The van der Waals surface area contributed by atoms with Crippen molar-refractivity contribution >= 4 is 11.8 Å². The fourth-order valence-corrected chi connectivity index (χ4v) is 2.82. The third kappa shape index (κ3) is 3.32. The van der Waals surface area contributed by atoms with Crippen molar-refractivity contribution in [2.75, 3.05) is 12.9 Å². The van der Waals surface area contributed by atoms with Crippen LogP contribution in [0.4, 0.5) is 4.39 Å². The molecule has 1 aromatic carbocycles. The van der Waals surface area contributed by atoms with Gasteiger partial charge in [0.05, 0.1) is 25.0 Å². The summed E-state index contributed by atoms with van der Waals surface area (Å²) in [5, 5.41) is 4.25. The Balaban J connectivity index is 2.06. The van der Waals surface area contributed by atoms with Crippen molar-refractivity contribution in [2.24, 2.45) is 5.73 Å². The fourth-order valence-electron chi connectivity index (χ4n) is 1.96. The summed E-state index contributed by atoms with van der Waals surface area (Å²) in [6.07, 6.45) is 1.68. The summed E-state index contributed by atoms with van der Waals surface area (Å²) >= 11 is 1.59. The van der Waals surface area contributed by atoms with Crippen LogP contribution < -0.4 is 10.5 Å². The van der Waals surface area contributed by atoms with Crippen LogP contribution in [0.5, 0.6) is 5.75 Å². The number of nitrogens with two attached hydrogens (primary N) is 1. The van der Waals surface area contributed by atoms with Gasteiger partial charge in [-0.1, -0.05) is 0 Å². The molecule has 20 heavy (non-hydrogen) atoms. The molecule has 2 rings (SSSR count). The summed E-state index contributed by atoms with van der Waals surface area (Å²) in [7, 11) is 1.61. The first kappa shape index (κ1) is 14.9. The molecule has 0 radical (unpaired) electrons. The molecule has 6 heteroatoms. The molecule has 2 N–H and O–H groups in total. The van der Waals surface area contributed by atoms with Crippen molar-refractivity contribution in [1.82, 2.24) is 9.78 Å². The van der Waals surface area contributed by atoms with E-state index < -0.39 is 0 Å². The third-order valence-corrected chi connectivity index (χ3v) is 4.09. The molecule has 0 amide bonds. The van der Waals surface area contributed by atoms with Crippen LogP contribution in [0.15, 0.2) is 35.4 Å². The first-order chi connectivity index (χ1) is 9.65. The van der Waals surface area contributed by atoms with Crippen LogP contribution in [-0.2, 0) is 6.54 Å². The third-order valence-electron chi connectivity index (χ3n) is 2.96. The van der Waals surface area contributed by atoms with Crippen LogP contribution >= 0.6 is 11.8 Å². The fraction of sp³-hybridized carbons (Fsp3) is 0.357. The van der Waals surface area contributed by atoms with E-state index in [-0.39, 0.29) is 11.9 Å². The van der Waals surface area contributed by atoms with Crippen molar-refractivity contribution in [1.29, 1.82) is 0 Å². The van der Waals surface area contributed by atoms with Gasteiger partial charge < -0.3 is 10.5 Å². The van der Waals surface area contributed by atoms with Crippen molar-refractivity contribution < 1.29 is 9.13 Å². The SMILES string of the molecule is CCn1ncc(OC)c1C(N)CSc1ccc(F)cc1. The minimum absolute atomic E-state index is 0.192. The lowest BCUT2D eigenvalue weighted by Gasteiger charge is -2.14. The number of rotatable bonds is 6. The molecule has 0 aliphatic rings. The number of thioether (sulfide) groups is 1. The number of benzene rings is 1. The number of hydrogen-bond acceptors (Lipinski definition) is 4. The molecule has 1 atom stereocenters. The van der Waals surface area contributed by atoms with Gasteiger partial charge in [-0.2, -0.15) is 5.10 Å². The largest absolute Gasteiger partial charge is 0.493 e. The normalized spacial score (nSPS) is 12.4. The van der Waals surface area contributed by atoms with Gasteiger partial charge >= 0.3 is 0 Å². The molecule has 0 spiro atoms. The zero-order chi connectivity index (χ0) is 14.5. The van der Waals surface area contributed by atoms with E-state index >= 15 is 0 Å². The molecule has 0 saturated carbocycles. The van der Waals surface area contributed by atoms with E-state index in [4.69, 9.17) is 10.5 Å². The van der Waals surface area contributed by atoms with Crippen LogP contribution in [0.3, 0.4) is 0 Å². The van der Waals surface area contributed by atoms with Gasteiger partial charge in [-0.05, 0) is 31.2 Å². The van der Waals surface area contributed by atoms with Crippen LogP contribution in [0, 0.1) is 5.82 Å². The maximum atomic E-state index is 12.8. The Bertz CT molecular complexity index is 535. The van der Waals surface area contributed by atoms with E-state index in [2.05, 4.69) is 5.10 Å². The summed E-state index contributed by atoms with van der Waals surface area (Å²) in [5.41, 5.74) is 7.13. The van der Waals surface area contributed by atoms with E-state index in [0.717, 1.165) is 17.1 Å². The Morgan fingerprint density at radius 3 is 2.70 bits per heavy atom. The van der Waals surface area contributed by atoms with Crippen molar-refractivity contribution in [3.63, 3.8) is 0 Å². The number of halogens is 1. The zero-order valence-corrected chi connectivity index (χ0v) is 12.4. The second kappa shape index (κ2) is 6.76. The molecule has 0 aliphatic heterocycles. The number of ether oxygens (including phenoxy) is 1. The van der Waals surface area contributed by atoms with E-state index in [1.54, 1.807) is 37.2 Å². The number of aromatic nitrogens is 2. The smallest absolute Gasteiger partial charge is 0.161 e. The van der Waals surface area contributed by atoms with Gasteiger partial charge in [-0.25, -0.2) is 4.39 Å². The minimum atomic E-state index is -0.232. The second-order valence-corrected chi connectivity index (χ2v) is 5.38. The highest BCUT2D eigenvalue weighted by Gasteiger charge is 2.18. The Morgan fingerprint density at radius 2 is 2.10 bits per heavy atom. The standard InChI is InChI=1S/C14H18FN3OS/c1-3-18-14(13(19-2)8-17-18)12(16)9-20-11-6-4-10(15)5-7-11/h4-8,12H,3,9,16H2,1-2H3. The van der Waals surface area contributed by atoms with E-state index in [0.29, 0.717) is 11.5 Å². The number of nitrogens with zero attached hydrogens (tertiary/aromatic N) is 2. The molecular formula is C14H18FN3OS. The van der Waals surface area contributed by atoms with Crippen LogP contribution in [-0.4, -0.2) is 22.6 Å². The Morgan fingerprint density at radius 1 is 1.40 bits per heavy atom. The topological polar surface area (TPSA) is 53.1 Å². The molecule has 2 aromatic rings. The Kier molecular flexibility index (Phi) is 5.03. The first-order valence-electron chi connectivity index (χ1n) is 6.39. The van der Waals surface area contributed by atoms with Gasteiger partial charge in [0, 0.05) is 17.2 Å². The lowest BCUT2D eigenvalue weighted by atomic mass is 10.2. The monoisotopic (exact) mass is 295 g/mol. The summed E-state index contributed by atoms with van der Waals surface area (Å²) in [5.74, 6) is 1.15. The molecule has 0 saturated heterocycles. The summed E-state index contributed by atoms with van der Waals surface area (Å²) in [6, 6.07) is 6.21. The molecular weight excluding hydrogens is 277 g/mol. The molecule has 4 nitrogen and oxygen atoms in total. The molecule has 0 fully saturated rings. The number of methoxy groups -OCH3 is 1. The van der Waals surface area contributed by atoms with Crippen molar-refractivity contribution in [3.05, 3.63) is 42.0 Å². The lowest BCUT2D eigenvalue weighted by Crippen LogP contribution is -2.19. The molecule has 108 valence electrons. The van der Waals surface area contributed by atoms with Crippen LogP contribution in [0.2, 0.25) is 0 Å². The quantitative estimate of drug-likeness (QED) is 0.833. The Labute approximate surface area is 122 Å². The Hall–Kier alpha value is -1.53. The van der Waals surface area contributed by atoms with Crippen molar-refractivity contribution in [3.8, 4) is 5.75 Å². The van der Waals surface area contributed by atoms with Crippen LogP contribution in [0.25, 0.3) is 0 Å². The zero-order valence-electron chi connectivity index (χ0n) is 11.5. The second-order valence-electron chi connectivity index (χ2n) is 4.29. The molecule has 1 unspecified atom stereocenters. The van der Waals surface area contributed by atoms with Crippen LogP contribution in [0.1, 0.15) is 18.7 Å². The van der Waals surface area contributed by atoms with Gasteiger partial charge in [-0.3, -0.25) is 4.68 Å². The van der Waals surface area contributed by atoms with E-state index in [1.165, 1.54) is 12.1 Å². The molecule has 0 aliphatic carbocycles. The maximum absolute atomic E-state index is 12.8. The predicted molar refractivity (Wildman–Crippen MR) is 78.5 cm³/mol. The van der Waals surface area contributed by atoms with Gasteiger partial charge in [0.1, 0.15) is 5.82 Å². The summed E-state index contributed by atoms with van der Waals surface area (Å²) in [4.78, 5) is 0.989. The number of aryl methyl sites for hydroxylation is 1. The summed E-state index contributed by atoms with van der Waals surface area (Å²) in [6.45, 7) is 2.75. The average Bonchev–Trinajstić information content (AvgIpc) is 2.89. The highest BCUT2D eigenvalue weighted by Crippen LogP contribution is 2.28. The van der Waals surface area contributed by atoms with E-state index in [1.807, 2.05) is 11.6 Å². The van der Waals surface area contributed by atoms with Gasteiger partial charge in [0.15, 0.2) is 5.75 Å². The number of hydrogen-bond donors (Lipinski definition) is 1. The average molecular weight is 295 g/mol.